The first-order valence-electron chi connectivity index (χ1n) is 6.60. The number of nitrogens with one attached hydrogen (secondary N) is 1. The van der Waals surface area contributed by atoms with E-state index in [1.54, 1.807) is 0 Å². The fourth-order valence-electron chi connectivity index (χ4n) is 2.84. The summed E-state index contributed by atoms with van der Waals surface area (Å²) in [6.07, 6.45) is 3.09. The van der Waals surface area contributed by atoms with Gasteiger partial charge in [0.05, 0.1) is 12.2 Å². The van der Waals surface area contributed by atoms with E-state index in [1.165, 1.54) is 0 Å². The first kappa shape index (κ1) is 13.9. The number of rotatable bonds is 2. The number of hydrogen-bond acceptors (Lipinski definition) is 3. The predicted octanol–water partition coefficient (Wildman–Crippen LogP) is 3.96. The number of hydrogen-bond donors (Lipinski definition) is 1. The van der Waals surface area contributed by atoms with E-state index in [-0.39, 0.29) is 5.60 Å². The molecule has 104 valence electrons. The third kappa shape index (κ3) is 3.15. The van der Waals surface area contributed by atoms with Gasteiger partial charge in [-0.05, 0) is 47.0 Å². The Bertz CT molecular complexity index is 461. The van der Waals surface area contributed by atoms with Gasteiger partial charge in [-0.2, -0.15) is 0 Å². The molecule has 0 aliphatic carbocycles. The minimum absolute atomic E-state index is 0.0439. The summed E-state index contributed by atoms with van der Waals surface area (Å²) in [5, 5.41) is 3.62. The van der Waals surface area contributed by atoms with Gasteiger partial charge in [-0.3, -0.25) is 0 Å². The maximum absolute atomic E-state index is 5.96. The Morgan fingerprint density at radius 3 is 2.89 bits per heavy atom. The van der Waals surface area contributed by atoms with Crippen LogP contribution in [-0.2, 0) is 9.47 Å². The Morgan fingerprint density at radius 2 is 2.16 bits per heavy atom. The molecule has 1 spiro atoms. The number of ether oxygens (including phenoxy) is 2. The van der Waals surface area contributed by atoms with Gasteiger partial charge >= 0.3 is 0 Å². The van der Waals surface area contributed by atoms with Crippen molar-refractivity contribution >= 4 is 37.5 Å². The molecule has 1 aromatic carbocycles. The van der Waals surface area contributed by atoms with Gasteiger partial charge in [0.15, 0.2) is 0 Å². The molecule has 2 saturated heterocycles. The smallest absolute Gasteiger partial charge is 0.0956 e. The Kier molecular flexibility index (Phi) is 4.17. The molecule has 2 heterocycles. The van der Waals surface area contributed by atoms with Crippen LogP contribution in [0.5, 0.6) is 0 Å². The highest BCUT2D eigenvalue weighted by Crippen LogP contribution is 2.35. The molecule has 0 radical (unpaired) electrons. The summed E-state index contributed by atoms with van der Waals surface area (Å²) >= 11 is 7.08. The predicted molar refractivity (Wildman–Crippen MR) is 82.6 cm³/mol. The van der Waals surface area contributed by atoms with Crippen molar-refractivity contribution in [1.82, 2.24) is 0 Å². The fraction of sp³-hybridized carbons (Fsp3) is 0.571. The van der Waals surface area contributed by atoms with Crippen LogP contribution in [0.4, 0.5) is 5.69 Å². The third-order valence-corrected chi connectivity index (χ3v) is 5.00. The van der Waals surface area contributed by atoms with Crippen molar-refractivity contribution in [3.05, 3.63) is 27.1 Å². The van der Waals surface area contributed by atoms with E-state index in [1.807, 2.05) is 0 Å². The summed E-state index contributed by atoms with van der Waals surface area (Å²) in [5.41, 5.74) is 1.10. The topological polar surface area (TPSA) is 30.5 Å². The van der Waals surface area contributed by atoms with Crippen LogP contribution in [0.2, 0.25) is 0 Å². The molecule has 1 N–H and O–H groups in total. The standard InChI is InChI=1S/C14H17Br2NO2/c15-10-1-2-13(12(16)7-10)17-11-3-5-19-14(8-11)4-6-18-9-14/h1-2,7,11,17H,3-6,8-9H2. The van der Waals surface area contributed by atoms with Crippen molar-refractivity contribution in [3.8, 4) is 0 Å². The molecular formula is C14H17Br2NO2. The molecule has 2 atom stereocenters. The summed E-state index contributed by atoms with van der Waals surface area (Å²) in [6, 6.07) is 6.67. The Hall–Kier alpha value is -0.100. The minimum Gasteiger partial charge on any atom is -0.381 e. The summed E-state index contributed by atoms with van der Waals surface area (Å²) in [7, 11) is 0. The molecular weight excluding hydrogens is 374 g/mol. The van der Waals surface area contributed by atoms with E-state index in [0.29, 0.717) is 6.04 Å². The maximum Gasteiger partial charge on any atom is 0.0956 e. The minimum atomic E-state index is -0.0439. The average Bonchev–Trinajstić information content (AvgIpc) is 2.81. The zero-order valence-electron chi connectivity index (χ0n) is 10.6. The molecule has 2 unspecified atom stereocenters. The maximum atomic E-state index is 5.96. The van der Waals surface area contributed by atoms with Crippen LogP contribution in [0.25, 0.3) is 0 Å². The van der Waals surface area contributed by atoms with Gasteiger partial charge < -0.3 is 14.8 Å². The van der Waals surface area contributed by atoms with Crippen LogP contribution in [0.1, 0.15) is 19.3 Å². The quantitative estimate of drug-likeness (QED) is 0.828. The first-order chi connectivity index (χ1) is 9.17. The molecule has 0 amide bonds. The lowest BCUT2D eigenvalue weighted by Gasteiger charge is -2.37. The molecule has 5 heteroatoms. The van der Waals surface area contributed by atoms with Gasteiger partial charge in [0, 0.05) is 40.3 Å². The van der Waals surface area contributed by atoms with Gasteiger partial charge in [0.1, 0.15) is 0 Å². The van der Waals surface area contributed by atoms with Crippen LogP contribution in [0, 0.1) is 0 Å². The van der Waals surface area contributed by atoms with Crippen molar-refractivity contribution < 1.29 is 9.47 Å². The van der Waals surface area contributed by atoms with E-state index in [0.717, 1.165) is 53.7 Å². The summed E-state index contributed by atoms with van der Waals surface area (Å²) in [5.74, 6) is 0. The largest absolute Gasteiger partial charge is 0.381 e. The van der Waals surface area contributed by atoms with Gasteiger partial charge in [-0.1, -0.05) is 15.9 Å². The van der Waals surface area contributed by atoms with Crippen LogP contribution in [0.3, 0.4) is 0 Å². The zero-order valence-corrected chi connectivity index (χ0v) is 13.8. The van der Waals surface area contributed by atoms with Gasteiger partial charge in [-0.25, -0.2) is 0 Å². The molecule has 0 saturated carbocycles. The SMILES string of the molecule is Brc1ccc(NC2CCOC3(CCOC3)C2)c(Br)c1. The fourth-order valence-corrected chi connectivity index (χ4v) is 4.00. The Morgan fingerprint density at radius 1 is 1.26 bits per heavy atom. The van der Waals surface area contributed by atoms with E-state index < -0.39 is 0 Å². The van der Waals surface area contributed by atoms with Crippen LogP contribution < -0.4 is 5.32 Å². The second-order valence-corrected chi connectivity index (χ2v) is 7.06. The van der Waals surface area contributed by atoms with Crippen LogP contribution in [0.15, 0.2) is 27.1 Å². The number of halogens is 2. The normalized spacial score (nSPS) is 30.7. The molecule has 0 bridgehead atoms. The summed E-state index contributed by atoms with van der Waals surface area (Å²) < 4.78 is 13.6. The Labute approximate surface area is 130 Å². The lowest BCUT2D eigenvalue weighted by atomic mass is 9.89. The van der Waals surface area contributed by atoms with Crippen molar-refractivity contribution in [2.75, 3.05) is 25.1 Å². The molecule has 2 aliphatic heterocycles. The monoisotopic (exact) mass is 389 g/mol. The molecule has 19 heavy (non-hydrogen) atoms. The highest BCUT2D eigenvalue weighted by molar-refractivity contribution is 9.11. The molecule has 3 nitrogen and oxygen atoms in total. The van der Waals surface area contributed by atoms with E-state index in [2.05, 4.69) is 55.4 Å². The van der Waals surface area contributed by atoms with E-state index in [9.17, 15) is 0 Å². The second-order valence-electron chi connectivity index (χ2n) is 5.29. The van der Waals surface area contributed by atoms with Crippen molar-refractivity contribution in [2.24, 2.45) is 0 Å². The molecule has 3 rings (SSSR count). The molecule has 1 aromatic rings. The second kappa shape index (κ2) is 5.72. The third-order valence-electron chi connectivity index (χ3n) is 3.85. The average molecular weight is 391 g/mol. The lowest BCUT2D eigenvalue weighted by molar-refractivity contribution is -0.0828. The summed E-state index contributed by atoms with van der Waals surface area (Å²) in [6.45, 7) is 2.39. The van der Waals surface area contributed by atoms with Crippen LogP contribution >= 0.6 is 31.9 Å². The van der Waals surface area contributed by atoms with E-state index in [4.69, 9.17) is 9.47 Å². The highest BCUT2D eigenvalue weighted by Gasteiger charge is 2.41. The van der Waals surface area contributed by atoms with E-state index >= 15 is 0 Å². The highest BCUT2D eigenvalue weighted by atomic mass is 79.9. The lowest BCUT2D eigenvalue weighted by Crippen LogP contribution is -2.44. The zero-order chi connectivity index (χ0) is 13.3. The summed E-state index contributed by atoms with van der Waals surface area (Å²) in [4.78, 5) is 0. The molecule has 0 aromatic heterocycles. The first-order valence-corrected chi connectivity index (χ1v) is 8.19. The van der Waals surface area contributed by atoms with Crippen molar-refractivity contribution in [3.63, 3.8) is 0 Å². The Balaban J connectivity index is 1.69. The number of benzene rings is 1. The van der Waals surface area contributed by atoms with Gasteiger partial charge in [0.2, 0.25) is 0 Å². The van der Waals surface area contributed by atoms with Crippen molar-refractivity contribution in [1.29, 1.82) is 0 Å². The number of anilines is 1. The molecule has 2 aliphatic rings. The van der Waals surface area contributed by atoms with Crippen LogP contribution in [-0.4, -0.2) is 31.5 Å². The van der Waals surface area contributed by atoms with Gasteiger partial charge in [-0.15, -0.1) is 0 Å². The van der Waals surface area contributed by atoms with Gasteiger partial charge in [0.25, 0.3) is 0 Å². The molecule has 2 fully saturated rings. The van der Waals surface area contributed by atoms with Crippen molar-refractivity contribution in [2.45, 2.75) is 30.9 Å².